The molecule has 0 aliphatic heterocycles. The second-order valence-corrected chi connectivity index (χ2v) is 6.73. The number of nitrogens with one attached hydrogen (secondary N) is 1. The molecule has 1 fully saturated rings. The fourth-order valence-corrected chi connectivity index (χ4v) is 1.68. The standard InChI is InChI=1S/C14H27NO3/c1-13(2,3)7-9-18-10-8-14(4,12(16)17)15-11-5-6-11/h11,15H,5-10H2,1-4H3,(H,16,17). The van der Waals surface area contributed by atoms with Gasteiger partial charge in [-0.1, -0.05) is 20.8 Å². The number of hydrogen-bond donors (Lipinski definition) is 2. The first-order chi connectivity index (χ1) is 8.23. The SMILES string of the molecule is CC(C)(C)CCOCCC(C)(NC1CC1)C(=O)O. The lowest BCUT2D eigenvalue weighted by molar-refractivity contribution is -0.145. The van der Waals surface area contributed by atoms with Crippen molar-refractivity contribution >= 4 is 5.97 Å². The molecular formula is C14H27NO3. The summed E-state index contributed by atoms with van der Waals surface area (Å²) in [5.41, 5.74) is -0.578. The lowest BCUT2D eigenvalue weighted by Crippen LogP contribution is -2.51. The zero-order valence-corrected chi connectivity index (χ0v) is 12.1. The van der Waals surface area contributed by atoms with Gasteiger partial charge < -0.3 is 9.84 Å². The van der Waals surface area contributed by atoms with E-state index in [2.05, 4.69) is 26.1 Å². The Morgan fingerprint density at radius 2 is 1.78 bits per heavy atom. The van der Waals surface area contributed by atoms with Crippen molar-refractivity contribution in [2.24, 2.45) is 5.41 Å². The number of aliphatic carboxylic acids is 1. The molecule has 2 N–H and O–H groups in total. The van der Waals surface area contributed by atoms with Crippen molar-refractivity contribution in [3.8, 4) is 0 Å². The highest BCUT2D eigenvalue weighted by molar-refractivity contribution is 5.78. The Hall–Kier alpha value is -0.610. The van der Waals surface area contributed by atoms with Gasteiger partial charge >= 0.3 is 5.97 Å². The topological polar surface area (TPSA) is 58.6 Å². The van der Waals surface area contributed by atoms with Gasteiger partial charge in [0, 0.05) is 19.3 Å². The van der Waals surface area contributed by atoms with Gasteiger partial charge in [0.15, 0.2) is 0 Å². The van der Waals surface area contributed by atoms with Crippen molar-refractivity contribution in [3.05, 3.63) is 0 Å². The van der Waals surface area contributed by atoms with Crippen LogP contribution in [0.15, 0.2) is 0 Å². The molecule has 4 heteroatoms. The third-order valence-electron chi connectivity index (χ3n) is 3.31. The van der Waals surface area contributed by atoms with Gasteiger partial charge in [-0.3, -0.25) is 10.1 Å². The van der Waals surface area contributed by atoms with Crippen LogP contribution in [0.3, 0.4) is 0 Å². The van der Waals surface area contributed by atoms with Gasteiger partial charge in [0.2, 0.25) is 0 Å². The van der Waals surface area contributed by atoms with E-state index in [0.717, 1.165) is 19.3 Å². The Morgan fingerprint density at radius 1 is 1.22 bits per heavy atom. The van der Waals surface area contributed by atoms with Gasteiger partial charge in [-0.25, -0.2) is 0 Å². The Balaban J connectivity index is 2.23. The van der Waals surface area contributed by atoms with E-state index in [1.165, 1.54) is 0 Å². The van der Waals surface area contributed by atoms with E-state index in [4.69, 9.17) is 4.74 Å². The summed E-state index contributed by atoms with van der Waals surface area (Å²) < 4.78 is 5.55. The van der Waals surface area contributed by atoms with E-state index in [9.17, 15) is 9.90 Å². The van der Waals surface area contributed by atoms with Crippen molar-refractivity contribution in [2.45, 2.75) is 65.0 Å². The number of ether oxygens (including phenoxy) is 1. The highest BCUT2D eigenvalue weighted by atomic mass is 16.5. The summed E-state index contributed by atoms with van der Waals surface area (Å²) in [6, 6.07) is 0.390. The van der Waals surface area contributed by atoms with E-state index >= 15 is 0 Å². The predicted octanol–water partition coefficient (Wildman–Crippen LogP) is 2.42. The Kier molecular flexibility index (Phi) is 5.17. The maximum atomic E-state index is 11.3. The molecule has 0 radical (unpaired) electrons. The van der Waals surface area contributed by atoms with Crippen molar-refractivity contribution in [1.29, 1.82) is 0 Å². The fourth-order valence-electron chi connectivity index (χ4n) is 1.68. The molecule has 1 saturated carbocycles. The largest absolute Gasteiger partial charge is 0.480 e. The summed E-state index contributed by atoms with van der Waals surface area (Å²) in [6.45, 7) is 9.47. The monoisotopic (exact) mass is 257 g/mol. The van der Waals surface area contributed by atoms with Gasteiger partial charge in [0.05, 0.1) is 0 Å². The Labute approximate surface area is 110 Å². The Morgan fingerprint density at radius 3 is 2.22 bits per heavy atom. The molecule has 0 aromatic heterocycles. The Bertz CT molecular complexity index is 281. The molecular weight excluding hydrogens is 230 g/mol. The van der Waals surface area contributed by atoms with Crippen LogP contribution >= 0.6 is 0 Å². The normalized spacial score (nSPS) is 19.6. The maximum absolute atomic E-state index is 11.3. The van der Waals surface area contributed by atoms with Crippen LogP contribution in [0, 0.1) is 5.41 Å². The van der Waals surface area contributed by atoms with Crippen LogP contribution in [0.4, 0.5) is 0 Å². The van der Waals surface area contributed by atoms with Crippen LogP contribution in [-0.2, 0) is 9.53 Å². The maximum Gasteiger partial charge on any atom is 0.323 e. The summed E-state index contributed by atoms with van der Waals surface area (Å²) in [5, 5.41) is 12.5. The van der Waals surface area contributed by atoms with Crippen LogP contribution in [-0.4, -0.2) is 35.9 Å². The average Bonchev–Trinajstić information content (AvgIpc) is 2.99. The molecule has 18 heavy (non-hydrogen) atoms. The van der Waals surface area contributed by atoms with Crippen LogP contribution < -0.4 is 5.32 Å². The highest BCUT2D eigenvalue weighted by Crippen LogP contribution is 2.24. The van der Waals surface area contributed by atoms with E-state index < -0.39 is 11.5 Å². The van der Waals surface area contributed by atoms with Crippen LogP contribution in [0.1, 0.15) is 53.4 Å². The van der Waals surface area contributed by atoms with Crippen LogP contribution in [0.2, 0.25) is 0 Å². The summed E-state index contributed by atoms with van der Waals surface area (Å²) >= 11 is 0. The average molecular weight is 257 g/mol. The minimum atomic E-state index is -0.844. The quantitative estimate of drug-likeness (QED) is 0.656. The van der Waals surface area contributed by atoms with E-state index in [1.54, 1.807) is 6.92 Å². The molecule has 0 saturated heterocycles. The van der Waals surface area contributed by atoms with Gasteiger partial charge in [-0.05, 0) is 38.0 Å². The molecule has 1 atom stereocenters. The zero-order valence-electron chi connectivity index (χ0n) is 12.1. The molecule has 1 aliphatic carbocycles. The number of rotatable bonds is 8. The molecule has 0 amide bonds. The minimum Gasteiger partial charge on any atom is -0.480 e. The highest BCUT2D eigenvalue weighted by Gasteiger charge is 2.38. The number of carboxylic acid groups (broad SMARTS) is 1. The first kappa shape index (κ1) is 15.4. The number of carboxylic acids is 1. The van der Waals surface area contributed by atoms with Gasteiger partial charge in [-0.15, -0.1) is 0 Å². The van der Waals surface area contributed by atoms with E-state index in [-0.39, 0.29) is 5.41 Å². The van der Waals surface area contributed by atoms with E-state index in [1.807, 2.05) is 0 Å². The lowest BCUT2D eigenvalue weighted by Gasteiger charge is -2.26. The molecule has 0 bridgehead atoms. The minimum absolute atomic E-state index is 0.266. The fraction of sp³-hybridized carbons (Fsp3) is 0.929. The third kappa shape index (κ3) is 5.83. The second-order valence-electron chi connectivity index (χ2n) is 6.73. The molecule has 1 unspecified atom stereocenters. The number of carbonyl (C=O) groups is 1. The van der Waals surface area contributed by atoms with Gasteiger partial charge in [-0.2, -0.15) is 0 Å². The number of hydrogen-bond acceptors (Lipinski definition) is 3. The van der Waals surface area contributed by atoms with Crippen LogP contribution in [0.25, 0.3) is 0 Å². The first-order valence-corrected chi connectivity index (χ1v) is 6.82. The molecule has 4 nitrogen and oxygen atoms in total. The van der Waals surface area contributed by atoms with Gasteiger partial charge in [0.1, 0.15) is 5.54 Å². The van der Waals surface area contributed by atoms with Crippen molar-refractivity contribution in [2.75, 3.05) is 13.2 Å². The smallest absolute Gasteiger partial charge is 0.323 e. The van der Waals surface area contributed by atoms with Crippen molar-refractivity contribution in [3.63, 3.8) is 0 Å². The molecule has 1 rings (SSSR count). The molecule has 0 heterocycles. The molecule has 0 aromatic rings. The summed E-state index contributed by atoms with van der Waals surface area (Å²) in [6.07, 6.45) is 3.69. The zero-order chi connectivity index (χ0) is 13.8. The summed E-state index contributed by atoms with van der Waals surface area (Å²) in [4.78, 5) is 11.3. The van der Waals surface area contributed by atoms with Crippen molar-refractivity contribution < 1.29 is 14.6 Å². The lowest BCUT2D eigenvalue weighted by atomic mass is 9.93. The predicted molar refractivity (Wildman–Crippen MR) is 71.7 cm³/mol. The van der Waals surface area contributed by atoms with Crippen molar-refractivity contribution in [1.82, 2.24) is 5.32 Å². The summed E-state index contributed by atoms with van der Waals surface area (Å²) in [7, 11) is 0. The molecule has 0 spiro atoms. The second kappa shape index (κ2) is 6.02. The molecule has 1 aliphatic rings. The van der Waals surface area contributed by atoms with Gasteiger partial charge in [0.25, 0.3) is 0 Å². The molecule has 0 aromatic carbocycles. The van der Waals surface area contributed by atoms with E-state index in [0.29, 0.717) is 25.7 Å². The van der Waals surface area contributed by atoms with Crippen LogP contribution in [0.5, 0.6) is 0 Å². The molecule has 106 valence electrons. The third-order valence-corrected chi connectivity index (χ3v) is 3.31. The first-order valence-electron chi connectivity index (χ1n) is 6.82. The summed E-state index contributed by atoms with van der Waals surface area (Å²) in [5.74, 6) is -0.783.